The standard InChI is InChI=1S/C21H20F3NO4/c1-12-8-16(29-21(22,23)24)4-2-13(12)9-19-17-5-3-14(10-18(17)20(27)28-19)25-7-6-15(26)11-25/h2-5,8,10,15,19,26H,6-7,9,11H2,1H3/t15-,19?/m1/s1. The minimum absolute atomic E-state index is 0.278. The number of hydrogen-bond acceptors (Lipinski definition) is 5. The van der Waals surface area contributed by atoms with Gasteiger partial charge in [0.1, 0.15) is 11.9 Å². The second-order valence-corrected chi connectivity index (χ2v) is 7.39. The van der Waals surface area contributed by atoms with Crippen molar-refractivity contribution in [3.63, 3.8) is 0 Å². The minimum atomic E-state index is -4.74. The molecular weight excluding hydrogens is 387 g/mol. The Bertz CT molecular complexity index is 944. The molecule has 5 nitrogen and oxygen atoms in total. The van der Waals surface area contributed by atoms with E-state index in [1.807, 2.05) is 17.0 Å². The number of rotatable bonds is 4. The number of esters is 1. The van der Waals surface area contributed by atoms with Crippen molar-refractivity contribution in [2.24, 2.45) is 0 Å². The van der Waals surface area contributed by atoms with Gasteiger partial charge in [-0.3, -0.25) is 0 Å². The molecule has 1 fully saturated rings. The van der Waals surface area contributed by atoms with Crippen molar-refractivity contribution in [2.75, 3.05) is 18.0 Å². The maximum absolute atomic E-state index is 12.4. The van der Waals surface area contributed by atoms with Gasteiger partial charge in [0.15, 0.2) is 0 Å². The van der Waals surface area contributed by atoms with E-state index < -0.39 is 18.4 Å². The van der Waals surface area contributed by atoms with E-state index in [0.717, 1.165) is 23.4 Å². The lowest BCUT2D eigenvalue weighted by Crippen LogP contribution is -2.21. The van der Waals surface area contributed by atoms with E-state index >= 15 is 0 Å². The predicted octanol–water partition coefficient (Wildman–Crippen LogP) is 3.92. The molecule has 0 aliphatic carbocycles. The number of alkyl halides is 3. The number of anilines is 1. The second kappa shape index (κ2) is 7.26. The van der Waals surface area contributed by atoms with Crippen LogP contribution in [0.1, 0.15) is 39.6 Å². The highest BCUT2D eigenvalue weighted by Crippen LogP contribution is 2.37. The van der Waals surface area contributed by atoms with Gasteiger partial charge in [0.2, 0.25) is 0 Å². The van der Waals surface area contributed by atoms with E-state index in [1.54, 1.807) is 19.1 Å². The number of ether oxygens (including phenoxy) is 2. The Hall–Kier alpha value is -2.74. The molecule has 1 saturated heterocycles. The third kappa shape index (κ3) is 4.17. The summed E-state index contributed by atoms with van der Waals surface area (Å²) in [6.45, 7) is 2.95. The van der Waals surface area contributed by atoms with Gasteiger partial charge in [0.05, 0.1) is 11.7 Å². The Morgan fingerprint density at radius 1 is 1.24 bits per heavy atom. The zero-order chi connectivity index (χ0) is 20.8. The van der Waals surface area contributed by atoms with Crippen LogP contribution in [0.3, 0.4) is 0 Å². The monoisotopic (exact) mass is 407 g/mol. The Balaban J connectivity index is 1.53. The molecule has 2 aliphatic rings. The van der Waals surface area contributed by atoms with Crippen LogP contribution in [-0.4, -0.2) is 36.6 Å². The molecule has 2 aromatic rings. The van der Waals surface area contributed by atoms with Gasteiger partial charge >= 0.3 is 12.3 Å². The number of aryl methyl sites for hydroxylation is 1. The number of β-amino-alcohol motifs (C(OH)–C–C–N with tert-alkyl or cyclic N) is 1. The second-order valence-electron chi connectivity index (χ2n) is 7.39. The molecule has 154 valence electrons. The summed E-state index contributed by atoms with van der Waals surface area (Å²) in [4.78, 5) is 14.4. The van der Waals surface area contributed by atoms with Crippen molar-refractivity contribution in [1.29, 1.82) is 0 Å². The number of hydrogen-bond donors (Lipinski definition) is 1. The Morgan fingerprint density at radius 2 is 2.03 bits per heavy atom. The largest absolute Gasteiger partial charge is 0.573 e. The molecule has 0 bridgehead atoms. The van der Waals surface area contributed by atoms with Crippen LogP contribution < -0.4 is 9.64 Å². The average molecular weight is 407 g/mol. The first kappa shape index (κ1) is 19.6. The summed E-state index contributed by atoms with van der Waals surface area (Å²) in [6.07, 6.45) is -4.55. The van der Waals surface area contributed by atoms with Crippen LogP contribution >= 0.6 is 0 Å². The van der Waals surface area contributed by atoms with E-state index in [2.05, 4.69) is 4.74 Å². The molecule has 0 amide bonds. The third-order valence-electron chi connectivity index (χ3n) is 5.33. The SMILES string of the molecule is Cc1cc(OC(F)(F)F)ccc1CC1OC(=O)c2cc(N3CC[C@@H](O)C3)ccc21. The summed E-state index contributed by atoms with van der Waals surface area (Å²) in [7, 11) is 0. The molecule has 0 aromatic heterocycles. The molecule has 2 aliphatic heterocycles. The van der Waals surface area contributed by atoms with Gasteiger partial charge in [-0.25, -0.2) is 4.79 Å². The van der Waals surface area contributed by atoms with Crippen molar-refractivity contribution in [3.8, 4) is 5.75 Å². The van der Waals surface area contributed by atoms with Crippen LogP contribution in [0, 0.1) is 6.92 Å². The minimum Gasteiger partial charge on any atom is -0.454 e. The summed E-state index contributed by atoms with van der Waals surface area (Å²) in [5.74, 6) is -0.693. The number of halogens is 3. The summed E-state index contributed by atoms with van der Waals surface area (Å²) < 4.78 is 46.6. The van der Waals surface area contributed by atoms with Gasteiger partial charge in [-0.1, -0.05) is 12.1 Å². The molecule has 0 radical (unpaired) electrons. The molecular formula is C21H20F3NO4. The smallest absolute Gasteiger partial charge is 0.454 e. The Labute approximate surface area is 165 Å². The molecule has 29 heavy (non-hydrogen) atoms. The van der Waals surface area contributed by atoms with Gasteiger partial charge in [-0.15, -0.1) is 13.2 Å². The van der Waals surface area contributed by atoms with Crippen molar-refractivity contribution in [2.45, 2.75) is 38.3 Å². The fraction of sp³-hybridized carbons (Fsp3) is 0.381. The van der Waals surface area contributed by atoms with Crippen molar-refractivity contribution in [1.82, 2.24) is 0 Å². The highest BCUT2D eigenvalue weighted by Gasteiger charge is 2.33. The topological polar surface area (TPSA) is 59.0 Å². The first-order valence-corrected chi connectivity index (χ1v) is 9.33. The fourth-order valence-electron chi connectivity index (χ4n) is 3.88. The van der Waals surface area contributed by atoms with E-state index in [-0.39, 0.29) is 11.9 Å². The molecule has 1 N–H and O–H groups in total. The van der Waals surface area contributed by atoms with E-state index in [9.17, 15) is 23.1 Å². The number of carbonyl (C=O) groups is 1. The number of benzene rings is 2. The molecule has 8 heteroatoms. The number of aliphatic hydroxyl groups excluding tert-OH is 1. The lowest BCUT2D eigenvalue weighted by molar-refractivity contribution is -0.274. The zero-order valence-corrected chi connectivity index (χ0v) is 15.7. The summed E-state index contributed by atoms with van der Waals surface area (Å²) in [5.41, 5.74) is 3.51. The number of cyclic esters (lactones) is 1. The molecule has 1 unspecified atom stereocenters. The normalized spacial score (nSPS) is 21.3. The Morgan fingerprint density at radius 3 is 2.69 bits per heavy atom. The molecule has 0 spiro atoms. The van der Waals surface area contributed by atoms with Gasteiger partial charge in [-0.05, 0) is 48.7 Å². The average Bonchev–Trinajstić information content (AvgIpc) is 3.20. The van der Waals surface area contributed by atoms with E-state index in [0.29, 0.717) is 30.5 Å². The maximum atomic E-state index is 12.4. The summed E-state index contributed by atoms with van der Waals surface area (Å²) in [6, 6.07) is 9.67. The van der Waals surface area contributed by atoms with E-state index in [1.165, 1.54) is 12.1 Å². The number of fused-ring (bicyclic) bond motifs is 1. The van der Waals surface area contributed by atoms with Crippen LogP contribution in [0.15, 0.2) is 36.4 Å². The zero-order valence-electron chi connectivity index (χ0n) is 15.7. The Kier molecular flexibility index (Phi) is 4.90. The van der Waals surface area contributed by atoms with E-state index in [4.69, 9.17) is 4.74 Å². The van der Waals surface area contributed by atoms with Gasteiger partial charge in [-0.2, -0.15) is 0 Å². The lowest BCUT2D eigenvalue weighted by Gasteiger charge is -2.18. The molecule has 4 rings (SSSR count). The number of carbonyl (C=O) groups excluding carboxylic acids is 1. The van der Waals surface area contributed by atoms with Gasteiger partial charge in [0.25, 0.3) is 0 Å². The first-order chi connectivity index (χ1) is 13.7. The van der Waals surface area contributed by atoms with Crippen molar-refractivity contribution in [3.05, 3.63) is 58.7 Å². The maximum Gasteiger partial charge on any atom is 0.573 e. The molecule has 2 atom stereocenters. The number of nitrogens with zero attached hydrogens (tertiary/aromatic N) is 1. The quantitative estimate of drug-likeness (QED) is 0.779. The van der Waals surface area contributed by atoms with Crippen molar-refractivity contribution >= 4 is 11.7 Å². The third-order valence-corrected chi connectivity index (χ3v) is 5.33. The molecule has 2 aromatic carbocycles. The van der Waals surface area contributed by atoms with Crippen molar-refractivity contribution < 1.29 is 32.5 Å². The lowest BCUT2D eigenvalue weighted by atomic mass is 9.96. The van der Waals surface area contributed by atoms with Gasteiger partial charge < -0.3 is 19.5 Å². The van der Waals surface area contributed by atoms with Crippen LogP contribution in [0.4, 0.5) is 18.9 Å². The van der Waals surface area contributed by atoms with Crippen LogP contribution in [0.2, 0.25) is 0 Å². The predicted molar refractivity (Wildman–Crippen MR) is 99.0 cm³/mol. The molecule has 0 saturated carbocycles. The number of aliphatic hydroxyl groups is 1. The summed E-state index contributed by atoms with van der Waals surface area (Å²) >= 11 is 0. The van der Waals surface area contributed by atoms with Crippen LogP contribution in [0.25, 0.3) is 0 Å². The summed E-state index contributed by atoms with van der Waals surface area (Å²) in [5, 5.41) is 9.72. The fourth-order valence-corrected chi connectivity index (χ4v) is 3.88. The highest BCUT2D eigenvalue weighted by molar-refractivity contribution is 5.95. The highest BCUT2D eigenvalue weighted by atomic mass is 19.4. The first-order valence-electron chi connectivity index (χ1n) is 9.33. The van der Waals surface area contributed by atoms with Crippen LogP contribution in [0.5, 0.6) is 5.75 Å². The molecule has 2 heterocycles. The van der Waals surface area contributed by atoms with Gasteiger partial charge in [0, 0.05) is 30.8 Å². The van der Waals surface area contributed by atoms with Crippen LogP contribution in [-0.2, 0) is 11.2 Å².